The lowest BCUT2D eigenvalue weighted by molar-refractivity contribution is -0.136. The molecule has 7 heteroatoms. The molecule has 2 aromatic rings. The molecule has 0 bridgehead atoms. The van der Waals surface area contributed by atoms with Crippen LogP contribution in [0.1, 0.15) is 68.6 Å². The lowest BCUT2D eigenvalue weighted by Crippen LogP contribution is -2.48. The largest absolute Gasteiger partial charge is 0.466 e. The van der Waals surface area contributed by atoms with Crippen molar-refractivity contribution in [3.8, 4) is 0 Å². The van der Waals surface area contributed by atoms with Gasteiger partial charge < -0.3 is 15.4 Å². The van der Waals surface area contributed by atoms with E-state index in [0.717, 1.165) is 12.0 Å². The molecule has 1 aliphatic heterocycles. The summed E-state index contributed by atoms with van der Waals surface area (Å²) in [7, 11) is 1.32. The normalized spacial score (nSPS) is 16.2. The summed E-state index contributed by atoms with van der Waals surface area (Å²) in [6, 6.07) is 13.7. The molecule has 1 unspecified atom stereocenters. The van der Waals surface area contributed by atoms with Gasteiger partial charge in [-0.1, -0.05) is 52.0 Å². The van der Waals surface area contributed by atoms with Crippen molar-refractivity contribution in [2.24, 2.45) is 0 Å². The number of hydrogen-bond acceptors (Lipinski definition) is 4. The molecule has 0 spiro atoms. The molecule has 1 atom stereocenters. The number of nitrogens with zero attached hydrogens (tertiary/aromatic N) is 1. The minimum Gasteiger partial charge on any atom is -0.466 e. The van der Waals surface area contributed by atoms with Gasteiger partial charge in [-0.05, 0) is 54.2 Å². The van der Waals surface area contributed by atoms with E-state index in [-0.39, 0.29) is 17.4 Å². The Morgan fingerprint density at radius 2 is 1.79 bits per heavy atom. The van der Waals surface area contributed by atoms with Crippen LogP contribution < -0.4 is 10.6 Å². The van der Waals surface area contributed by atoms with Crippen LogP contribution in [0.2, 0.25) is 0 Å². The number of hydrogen-bond donors (Lipinski definition) is 2. The quantitative estimate of drug-likeness (QED) is 0.579. The summed E-state index contributed by atoms with van der Waals surface area (Å²) in [4.78, 5) is 39.8. The fraction of sp³-hybridized carbons (Fsp3) is 0.370. The number of esters is 1. The molecule has 3 amide bonds. The predicted molar refractivity (Wildman–Crippen MR) is 133 cm³/mol. The molecule has 1 aliphatic rings. The van der Waals surface area contributed by atoms with E-state index in [4.69, 9.17) is 4.74 Å². The van der Waals surface area contributed by atoms with Crippen LogP contribution in [0.25, 0.3) is 0 Å². The van der Waals surface area contributed by atoms with E-state index in [1.165, 1.54) is 7.11 Å². The van der Waals surface area contributed by atoms with Gasteiger partial charge in [0.25, 0.3) is 5.91 Å². The van der Waals surface area contributed by atoms with E-state index in [1.807, 2.05) is 37.3 Å². The van der Waals surface area contributed by atoms with Gasteiger partial charge in [0.1, 0.15) is 0 Å². The first kappa shape index (κ1) is 25.0. The maximum absolute atomic E-state index is 12.8. The molecular weight excluding hydrogens is 430 g/mol. The van der Waals surface area contributed by atoms with Gasteiger partial charge in [0.2, 0.25) is 0 Å². The smallest absolute Gasteiger partial charge is 0.337 e. The summed E-state index contributed by atoms with van der Waals surface area (Å²) in [6.45, 7) is 10.6. The number of nitrogens with one attached hydrogen (secondary N) is 2. The van der Waals surface area contributed by atoms with Crippen LogP contribution in [0.4, 0.5) is 10.5 Å². The Hall–Kier alpha value is -3.61. The SMILES string of the molecule is CCCN1C(=O)NC(c2cccc(NC(=O)c3ccc(C(C)(C)C)cc3)c2)C(C(=O)OC)=C1C. The number of carbonyl (C=O) groups excluding carboxylic acids is 3. The second kappa shape index (κ2) is 10.1. The zero-order valence-electron chi connectivity index (χ0n) is 20.7. The summed E-state index contributed by atoms with van der Waals surface area (Å²) >= 11 is 0. The Balaban J connectivity index is 1.88. The molecule has 0 saturated carbocycles. The molecule has 7 nitrogen and oxygen atoms in total. The number of methoxy groups -OCH3 is 1. The topological polar surface area (TPSA) is 87.7 Å². The number of urea groups is 1. The standard InChI is InChI=1S/C27H33N3O4/c1-7-15-30-17(2)22(25(32)34-6)23(29-26(30)33)19-9-8-10-21(16-19)28-24(31)18-11-13-20(14-12-18)27(3,4)5/h8-14,16,23H,7,15H2,1-6H3,(H,28,31)(H,29,33). The van der Waals surface area contributed by atoms with E-state index >= 15 is 0 Å². The maximum atomic E-state index is 12.8. The third kappa shape index (κ3) is 5.30. The molecule has 0 saturated heterocycles. The number of benzene rings is 2. The van der Waals surface area contributed by atoms with Crippen molar-refractivity contribution in [3.05, 3.63) is 76.5 Å². The Morgan fingerprint density at radius 1 is 1.12 bits per heavy atom. The Morgan fingerprint density at radius 3 is 2.38 bits per heavy atom. The molecule has 0 aliphatic carbocycles. The third-order valence-corrected chi connectivity index (χ3v) is 5.94. The number of ether oxygens (including phenoxy) is 1. The van der Waals surface area contributed by atoms with Crippen LogP contribution in [-0.4, -0.2) is 36.5 Å². The lowest BCUT2D eigenvalue weighted by atomic mass is 9.86. The zero-order chi connectivity index (χ0) is 25.0. The van der Waals surface area contributed by atoms with Crippen molar-refractivity contribution in [3.63, 3.8) is 0 Å². The average molecular weight is 464 g/mol. The molecule has 0 aromatic heterocycles. The lowest BCUT2D eigenvalue weighted by Gasteiger charge is -2.35. The summed E-state index contributed by atoms with van der Waals surface area (Å²) in [6.07, 6.45) is 0.752. The van der Waals surface area contributed by atoms with Crippen molar-refractivity contribution >= 4 is 23.6 Å². The molecule has 34 heavy (non-hydrogen) atoms. The summed E-state index contributed by atoms with van der Waals surface area (Å²) < 4.78 is 5.02. The molecule has 3 rings (SSSR count). The second-order valence-electron chi connectivity index (χ2n) is 9.43. The van der Waals surface area contributed by atoms with Gasteiger partial charge in [-0.15, -0.1) is 0 Å². The fourth-order valence-corrected chi connectivity index (χ4v) is 4.02. The first-order valence-corrected chi connectivity index (χ1v) is 11.5. The summed E-state index contributed by atoms with van der Waals surface area (Å²) in [5, 5.41) is 5.82. The molecule has 0 radical (unpaired) electrons. The molecule has 1 heterocycles. The van der Waals surface area contributed by atoms with Crippen LogP contribution in [0, 0.1) is 0 Å². The van der Waals surface area contributed by atoms with Crippen molar-refractivity contribution in [1.29, 1.82) is 0 Å². The van der Waals surface area contributed by atoms with Gasteiger partial charge in [0.05, 0.1) is 18.7 Å². The van der Waals surface area contributed by atoms with Gasteiger partial charge in [-0.25, -0.2) is 9.59 Å². The summed E-state index contributed by atoms with van der Waals surface area (Å²) in [5.74, 6) is -0.740. The molecular formula is C27H33N3O4. The maximum Gasteiger partial charge on any atom is 0.337 e. The Labute approximate surface area is 201 Å². The van der Waals surface area contributed by atoms with Crippen LogP contribution >= 0.6 is 0 Å². The minimum absolute atomic E-state index is 0.00344. The molecule has 0 fully saturated rings. The van der Waals surface area contributed by atoms with Gasteiger partial charge in [-0.2, -0.15) is 0 Å². The highest BCUT2D eigenvalue weighted by atomic mass is 16.5. The third-order valence-electron chi connectivity index (χ3n) is 5.94. The van der Waals surface area contributed by atoms with Crippen molar-refractivity contribution in [2.45, 2.75) is 52.5 Å². The molecule has 2 aromatic carbocycles. The number of anilines is 1. The van der Waals surface area contributed by atoms with Crippen LogP contribution in [0.5, 0.6) is 0 Å². The van der Waals surface area contributed by atoms with E-state index in [0.29, 0.717) is 34.6 Å². The number of amides is 3. The highest BCUT2D eigenvalue weighted by Gasteiger charge is 2.36. The van der Waals surface area contributed by atoms with E-state index in [9.17, 15) is 14.4 Å². The fourth-order valence-electron chi connectivity index (χ4n) is 4.02. The van der Waals surface area contributed by atoms with Crippen LogP contribution in [0.3, 0.4) is 0 Å². The highest BCUT2D eigenvalue weighted by Crippen LogP contribution is 2.32. The number of allylic oxidation sites excluding steroid dienone is 1. The molecule has 180 valence electrons. The zero-order valence-corrected chi connectivity index (χ0v) is 20.7. The predicted octanol–water partition coefficient (Wildman–Crippen LogP) is 5.16. The van der Waals surface area contributed by atoms with Crippen LogP contribution in [-0.2, 0) is 14.9 Å². The van der Waals surface area contributed by atoms with Crippen molar-refractivity contribution < 1.29 is 19.1 Å². The Kier molecular flexibility index (Phi) is 7.44. The second-order valence-corrected chi connectivity index (χ2v) is 9.43. The van der Waals surface area contributed by atoms with Crippen molar-refractivity contribution in [1.82, 2.24) is 10.2 Å². The van der Waals surface area contributed by atoms with Gasteiger partial charge in [-0.3, -0.25) is 9.69 Å². The Bertz CT molecular complexity index is 1110. The van der Waals surface area contributed by atoms with Crippen molar-refractivity contribution in [2.75, 3.05) is 19.0 Å². The number of carbonyl (C=O) groups is 3. The van der Waals surface area contributed by atoms with Gasteiger partial charge >= 0.3 is 12.0 Å². The first-order chi connectivity index (χ1) is 16.1. The van der Waals surface area contributed by atoms with Crippen LogP contribution in [0.15, 0.2) is 59.8 Å². The van der Waals surface area contributed by atoms with E-state index in [2.05, 4.69) is 31.4 Å². The average Bonchev–Trinajstić information content (AvgIpc) is 2.80. The van der Waals surface area contributed by atoms with E-state index in [1.54, 1.807) is 30.0 Å². The first-order valence-electron chi connectivity index (χ1n) is 11.5. The number of rotatable bonds is 6. The van der Waals surface area contributed by atoms with Gasteiger partial charge in [0, 0.05) is 23.5 Å². The minimum atomic E-state index is -0.684. The summed E-state index contributed by atoms with van der Waals surface area (Å²) in [5.41, 5.74) is 3.87. The monoisotopic (exact) mass is 463 g/mol. The molecule has 2 N–H and O–H groups in total. The highest BCUT2D eigenvalue weighted by molar-refractivity contribution is 6.04. The van der Waals surface area contributed by atoms with Gasteiger partial charge in [0.15, 0.2) is 0 Å². The van der Waals surface area contributed by atoms with E-state index < -0.39 is 12.0 Å².